The van der Waals surface area contributed by atoms with Gasteiger partial charge in [0, 0.05) is 24.2 Å². The number of halogens is 1. The Balaban J connectivity index is 2.01. The van der Waals surface area contributed by atoms with Gasteiger partial charge < -0.3 is 10.7 Å². The molecule has 90 valence electrons. The van der Waals surface area contributed by atoms with Crippen LogP contribution in [0.1, 0.15) is 11.1 Å². The maximum atomic E-state index is 6.08. The lowest BCUT2D eigenvalue weighted by Gasteiger charge is -2.03. The first-order chi connectivity index (χ1) is 8.74. The molecule has 0 aliphatic carbocycles. The highest BCUT2D eigenvalue weighted by atomic mass is 35.5. The molecule has 5 heteroatoms. The summed E-state index contributed by atoms with van der Waals surface area (Å²) in [5, 5.41) is 1.55. The molecule has 4 nitrogen and oxygen atoms in total. The van der Waals surface area contributed by atoms with E-state index in [0.717, 1.165) is 22.2 Å². The van der Waals surface area contributed by atoms with Crippen molar-refractivity contribution in [3.8, 4) is 0 Å². The van der Waals surface area contributed by atoms with Gasteiger partial charge in [-0.3, -0.25) is 0 Å². The van der Waals surface area contributed by atoms with Crippen molar-refractivity contribution in [2.75, 3.05) is 5.73 Å². The molecule has 0 atom stereocenters. The number of fused-ring (bicyclic) bond motifs is 1. The van der Waals surface area contributed by atoms with Crippen LogP contribution in [0.3, 0.4) is 0 Å². The lowest BCUT2D eigenvalue weighted by atomic mass is 10.1. The predicted molar refractivity (Wildman–Crippen MR) is 72.6 cm³/mol. The van der Waals surface area contributed by atoms with Gasteiger partial charge in [-0.05, 0) is 29.3 Å². The predicted octanol–water partition coefficient (Wildman–Crippen LogP) is 2.78. The number of nitrogen functional groups attached to an aromatic ring is 1. The van der Waals surface area contributed by atoms with E-state index in [2.05, 4.69) is 15.0 Å². The number of H-pyrrole nitrogens is 1. The van der Waals surface area contributed by atoms with E-state index in [1.807, 2.05) is 24.4 Å². The van der Waals surface area contributed by atoms with E-state index >= 15 is 0 Å². The summed E-state index contributed by atoms with van der Waals surface area (Å²) in [6, 6.07) is 7.61. The minimum absolute atomic E-state index is 0.435. The maximum Gasteiger partial charge on any atom is 0.137 e. The summed E-state index contributed by atoms with van der Waals surface area (Å²) in [6.45, 7) is 0. The zero-order chi connectivity index (χ0) is 12.5. The number of rotatable bonds is 2. The van der Waals surface area contributed by atoms with Gasteiger partial charge >= 0.3 is 0 Å². The fourth-order valence-corrected chi connectivity index (χ4v) is 2.20. The number of hydrogen-bond acceptors (Lipinski definition) is 3. The number of anilines is 1. The van der Waals surface area contributed by atoms with Gasteiger partial charge in [0.1, 0.15) is 16.6 Å². The third-order valence-electron chi connectivity index (χ3n) is 2.87. The van der Waals surface area contributed by atoms with Crippen molar-refractivity contribution < 1.29 is 0 Å². The van der Waals surface area contributed by atoms with Gasteiger partial charge in [-0.2, -0.15) is 0 Å². The number of pyridine rings is 2. The standard InChI is InChI=1S/C13H11ClN4/c14-12-8(3-4-11(15)18-12)6-9-7-17-13-10(9)2-1-5-16-13/h1-5,7H,6H2,(H2,15,18)(H,16,17). The Hall–Kier alpha value is -2.07. The third-order valence-corrected chi connectivity index (χ3v) is 3.19. The zero-order valence-electron chi connectivity index (χ0n) is 9.52. The van der Waals surface area contributed by atoms with E-state index in [4.69, 9.17) is 17.3 Å². The molecule has 3 aromatic rings. The topological polar surface area (TPSA) is 67.6 Å². The van der Waals surface area contributed by atoms with Crippen molar-refractivity contribution in [3.63, 3.8) is 0 Å². The van der Waals surface area contributed by atoms with Crippen LogP contribution < -0.4 is 5.73 Å². The van der Waals surface area contributed by atoms with Crippen LogP contribution in [0, 0.1) is 0 Å². The normalized spacial score (nSPS) is 10.9. The molecule has 3 aromatic heterocycles. The average molecular weight is 259 g/mol. The number of hydrogen-bond donors (Lipinski definition) is 2. The van der Waals surface area contributed by atoms with Gasteiger partial charge in [0.25, 0.3) is 0 Å². The van der Waals surface area contributed by atoms with E-state index < -0.39 is 0 Å². The van der Waals surface area contributed by atoms with E-state index in [1.165, 1.54) is 0 Å². The monoisotopic (exact) mass is 258 g/mol. The van der Waals surface area contributed by atoms with Crippen molar-refractivity contribution >= 4 is 28.5 Å². The van der Waals surface area contributed by atoms with Crippen LogP contribution in [0.15, 0.2) is 36.7 Å². The molecule has 0 unspecified atom stereocenters. The molecule has 0 amide bonds. The van der Waals surface area contributed by atoms with E-state index in [1.54, 1.807) is 12.3 Å². The molecular weight excluding hydrogens is 248 g/mol. The minimum atomic E-state index is 0.435. The molecule has 18 heavy (non-hydrogen) atoms. The molecule has 0 aromatic carbocycles. The summed E-state index contributed by atoms with van der Waals surface area (Å²) in [6.07, 6.45) is 4.42. The van der Waals surface area contributed by atoms with Crippen LogP contribution in [0.25, 0.3) is 11.0 Å². The minimum Gasteiger partial charge on any atom is -0.384 e. The quantitative estimate of drug-likeness (QED) is 0.695. The molecule has 3 heterocycles. The molecule has 3 N–H and O–H groups in total. The highest BCUT2D eigenvalue weighted by Gasteiger charge is 2.08. The fraction of sp³-hybridized carbons (Fsp3) is 0.0769. The lowest BCUT2D eigenvalue weighted by molar-refractivity contribution is 1.16. The van der Waals surface area contributed by atoms with E-state index in [0.29, 0.717) is 17.4 Å². The van der Waals surface area contributed by atoms with Crippen molar-refractivity contribution in [1.82, 2.24) is 15.0 Å². The van der Waals surface area contributed by atoms with Crippen LogP contribution in [0.5, 0.6) is 0 Å². The van der Waals surface area contributed by atoms with Gasteiger partial charge in [0.05, 0.1) is 0 Å². The second-order valence-corrected chi connectivity index (χ2v) is 4.43. The average Bonchev–Trinajstić information content (AvgIpc) is 2.76. The van der Waals surface area contributed by atoms with Crippen LogP contribution in [0.2, 0.25) is 5.15 Å². The summed E-state index contributed by atoms with van der Waals surface area (Å²) in [5.74, 6) is 0.435. The summed E-state index contributed by atoms with van der Waals surface area (Å²) in [5.41, 5.74) is 8.56. The van der Waals surface area contributed by atoms with Gasteiger partial charge in [-0.1, -0.05) is 17.7 Å². The SMILES string of the molecule is Nc1ccc(Cc2c[nH]c3ncccc23)c(Cl)n1. The molecule has 0 fully saturated rings. The maximum absolute atomic E-state index is 6.08. The smallest absolute Gasteiger partial charge is 0.137 e. The summed E-state index contributed by atoms with van der Waals surface area (Å²) in [7, 11) is 0. The molecule has 0 aliphatic heterocycles. The number of aromatic nitrogens is 3. The van der Waals surface area contributed by atoms with Crippen molar-refractivity contribution in [3.05, 3.63) is 52.9 Å². The molecule has 0 bridgehead atoms. The summed E-state index contributed by atoms with van der Waals surface area (Å²) < 4.78 is 0. The Morgan fingerprint density at radius 1 is 1.22 bits per heavy atom. The van der Waals surface area contributed by atoms with Gasteiger partial charge in [0.15, 0.2) is 0 Å². The van der Waals surface area contributed by atoms with Crippen LogP contribution >= 0.6 is 11.6 Å². The molecular formula is C13H11ClN4. The Morgan fingerprint density at radius 3 is 2.94 bits per heavy atom. The van der Waals surface area contributed by atoms with E-state index in [9.17, 15) is 0 Å². The first kappa shape index (κ1) is 11.0. The van der Waals surface area contributed by atoms with Crippen LogP contribution in [-0.2, 0) is 6.42 Å². The first-order valence-electron chi connectivity index (χ1n) is 5.56. The van der Waals surface area contributed by atoms with Gasteiger partial charge in [-0.25, -0.2) is 9.97 Å². The largest absolute Gasteiger partial charge is 0.384 e. The zero-order valence-corrected chi connectivity index (χ0v) is 10.3. The molecule has 0 radical (unpaired) electrons. The van der Waals surface area contributed by atoms with Gasteiger partial charge in [0.2, 0.25) is 0 Å². The molecule has 0 spiro atoms. The molecule has 0 saturated heterocycles. The summed E-state index contributed by atoms with van der Waals surface area (Å²) in [4.78, 5) is 11.4. The lowest BCUT2D eigenvalue weighted by Crippen LogP contribution is -1.95. The van der Waals surface area contributed by atoms with Crippen molar-refractivity contribution in [1.29, 1.82) is 0 Å². The molecule has 3 rings (SSSR count). The first-order valence-corrected chi connectivity index (χ1v) is 5.94. The Bertz CT molecular complexity index is 705. The highest BCUT2D eigenvalue weighted by molar-refractivity contribution is 6.30. The third kappa shape index (κ3) is 1.91. The fourth-order valence-electron chi connectivity index (χ4n) is 1.97. The second-order valence-electron chi connectivity index (χ2n) is 4.08. The number of nitrogens with two attached hydrogens (primary N) is 1. The Kier molecular flexibility index (Phi) is 2.64. The number of aromatic amines is 1. The van der Waals surface area contributed by atoms with Crippen LogP contribution in [0.4, 0.5) is 5.82 Å². The van der Waals surface area contributed by atoms with Gasteiger partial charge in [-0.15, -0.1) is 0 Å². The molecule has 0 saturated carbocycles. The van der Waals surface area contributed by atoms with E-state index in [-0.39, 0.29) is 0 Å². The van der Waals surface area contributed by atoms with Crippen molar-refractivity contribution in [2.45, 2.75) is 6.42 Å². The highest BCUT2D eigenvalue weighted by Crippen LogP contribution is 2.23. The Morgan fingerprint density at radius 2 is 2.11 bits per heavy atom. The van der Waals surface area contributed by atoms with Crippen LogP contribution in [-0.4, -0.2) is 15.0 Å². The number of nitrogens with zero attached hydrogens (tertiary/aromatic N) is 2. The second kappa shape index (κ2) is 4.31. The van der Waals surface area contributed by atoms with Crippen molar-refractivity contribution in [2.24, 2.45) is 0 Å². The number of nitrogens with one attached hydrogen (secondary N) is 1. The Labute approximate surface area is 109 Å². The molecule has 0 aliphatic rings. The summed E-state index contributed by atoms with van der Waals surface area (Å²) >= 11 is 6.08.